The fraction of sp³-hybridized carbons (Fsp3) is 0.700. The second kappa shape index (κ2) is 5.55. The average Bonchev–Trinajstić information content (AvgIpc) is 2.70. The molecule has 0 fully saturated rings. The molecule has 2 N–H and O–H groups in total. The van der Waals surface area contributed by atoms with Crippen molar-refractivity contribution < 1.29 is 5.11 Å². The van der Waals surface area contributed by atoms with Crippen LogP contribution >= 0.6 is 11.3 Å². The minimum absolute atomic E-state index is 0.0634. The van der Waals surface area contributed by atoms with E-state index in [2.05, 4.69) is 15.2 Å². The van der Waals surface area contributed by atoms with Crippen molar-refractivity contribution in [2.45, 2.75) is 12.5 Å². The SMILES string of the molecule is CN(C)CCNC(C)(CO)c1nccs1. The first-order valence-corrected chi connectivity index (χ1v) is 5.87. The summed E-state index contributed by atoms with van der Waals surface area (Å²) >= 11 is 1.57. The lowest BCUT2D eigenvalue weighted by Gasteiger charge is -2.27. The first kappa shape index (κ1) is 12.6. The Morgan fingerprint density at radius 3 is 2.80 bits per heavy atom. The van der Waals surface area contributed by atoms with Crippen LogP contribution in [0.25, 0.3) is 0 Å². The molecule has 1 unspecified atom stereocenters. The van der Waals surface area contributed by atoms with Gasteiger partial charge in [-0.15, -0.1) is 11.3 Å². The largest absolute Gasteiger partial charge is 0.394 e. The van der Waals surface area contributed by atoms with Gasteiger partial charge in [-0.25, -0.2) is 4.98 Å². The molecule has 0 amide bonds. The molecular weight excluding hydrogens is 210 g/mol. The molecule has 0 aliphatic heterocycles. The number of nitrogens with zero attached hydrogens (tertiary/aromatic N) is 2. The van der Waals surface area contributed by atoms with Crippen LogP contribution in [0.3, 0.4) is 0 Å². The molecule has 86 valence electrons. The molecule has 1 aromatic heterocycles. The van der Waals surface area contributed by atoms with Crippen molar-refractivity contribution in [3.63, 3.8) is 0 Å². The van der Waals surface area contributed by atoms with Gasteiger partial charge in [0.05, 0.1) is 12.1 Å². The lowest BCUT2D eigenvalue weighted by Crippen LogP contribution is -2.45. The first-order chi connectivity index (χ1) is 7.08. The Labute approximate surface area is 94.9 Å². The minimum atomic E-state index is -0.413. The van der Waals surface area contributed by atoms with Crippen molar-refractivity contribution in [2.24, 2.45) is 0 Å². The predicted octanol–water partition coefficient (Wildman–Crippen LogP) is 0.502. The Balaban J connectivity index is 2.54. The van der Waals surface area contributed by atoms with Gasteiger partial charge in [0.1, 0.15) is 5.01 Å². The van der Waals surface area contributed by atoms with Gasteiger partial charge in [-0.3, -0.25) is 0 Å². The third-order valence-corrected chi connectivity index (χ3v) is 3.33. The van der Waals surface area contributed by atoms with E-state index in [-0.39, 0.29) is 6.61 Å². The summed E-state index contributed by atoms with van der Waals surface area (Å²) in [7, 11) is 4.06. The molecule has 1 heterocycles. The molecule has 0 aromatic carbocycles. The second-order valence-corrected chi connectivity index (χ2v) is 4.95. The zero-order chi connectivity index (χ0) is 11.3. The van der Waals surface area contributed by atoms with E-state index in [0.717, 1.165) is 18.1 Å². The van der Waals surface area contributed by atoms with Crippen molar-refractivity contribution in [3.05, 3.63) is 16.6 Å². The highest BCUT2D eigenvalue weighted by atomic mass is 32.1. The highest BCUT2D eigenvalue weighted by Gasteiger charge is 2.27. The van der Waals surface area contributed by atoms with Gasteiger partial charge in [0.2, 0.25) is 0 Å². The molecule has 0 aliphatic rings. The number of thiazole rings is 1. The number of rotatable bonds is 6. The van der Waals surface area contributed by atoms with Crippen molar-refractivity contribution in [2.75, 3.05) is 33.8 Å². The summed E-state index contributed by atoms with van der Waals surface area (Å²) in [5, 5.41) is 15.6. The Hall–Kier alpha value is -0.490. The highest BCUT2D eigenvalue weighted by Crippen LogP contribution is 2.21. The van der Waals surface area contributed by atoms with Crippen molar-refractivity contribution in [1.29, 1.82) is 0 Å². The fourth-order valence-corrected chi connectivity index (χ4v) is 2.02. The van der Waals surface area contributed by atoms with Crippen molar-refractivity contribution in [3.8, 4) is 0 Å². The van der Waals surface area contributed by atoms with E-state index in [9.17, 15) is 5.11 Å². The van der Waals surface area contributed by atoms with E-state index >= 15 is 0 Å². The standard InChI is InChI=1S/C10H19N3OS/c1-10(8-14,9-11-5-7-15-9)12-4-6-13(2)3/h5,7,12,14H,4,6,8H2,1-3H3. The number of aliphatic hydroxyl groups is 1. The molecule has 0 bridgehead atoms. The number of hydrogen-bond donors (Lipinski definition) is 2. The minimum Gasteiger partial charge on any atom is -0.394 e. The van der Waals surface area contributed by atoms with Crippen LogP contribution in [0.1, 0.15) is 11.9 Å². The summed E-state index contributed by atoms with van der Waals surface area (Å²) in [4.78, 5) is 6.34. The van der Waals surface area contributed by atoms with E-state index in [1.807, 2.05) is 26.4 Å². The third kappa shape index (κ3) is 3.53. The average molecular weight is 229 g/mol. The third-order valence-electron chi connectivity index (χ3n) is 2.29. The Bertz CT molecular complexity index is 276. The van der Waals surface area contributed by atoms with Gasteiger partial charge in [0, 0.05) is 24.7 Å². The molecule has 0 saturated carbocycles. The maximum absolute atomic E-state index is 9.41. The van der Waals surface area contributed by atoms with Crippen molar-refractivity contribution in [1.82, 2.24) is 15.2 Å². The molecule has 0 saturated heterocycles. The highest BCUT2D eigenvalue weighted by molar-refractivity contribution is 7.09. The Morgan fingerprint density at radius 2 is 2.33 bits per heavy atom. The van der Waals surface area contributed by atoms with Crippen LogP contribution in [-0.4, -0.2) is 48.8 Å². The summed E-state index contributed by atoms with van der Waals surface area (Å²) in [6, 6.07) is 0. The molecule has 0 radical (unpaired) electrons. The van der Waals surface area contributed by atoms with E-state index in [1.165, 1.54) is 0 Å². The van der Waals surface area contributed by atoms with Crippen LogP contribution in [0.4, 0.5) is 0 Å². The Morgan fingerprint density at radius 1 is 1.60 bits per heavy atom. The van der Waals surface area contributed by atoms with Gasteiger partial charge in [0.25, 0.3) is 0 Å². The van der Waals surface area contributed by atoms with Crippen molar-refractivity contribution >= 4 is 11.3 Å². The van der Waals surface area contributed by atoms with Gasteiger partial charge in [0.15, 0.2) is 0 Å². The Kier molecular flexibility index (Phi) is 4.66. The fourth-order valence-electron chi connectivity index (χ4n) is 1.25. The topological polar surface area (TPSA) is 48.4 Å². The molecule has 0 spiro atoms. The van der Waals surface area contributed by atoms with E-state index in [1.54, 1.807) is 17.5 Å². The summed E-state index contributed by atoms with van der Waals surface area (Å²) in [6.07, 6.45) is 1.77. The molecule has 15 heavy (non-hydrogen) atoms. The smallest absolute Gasteiger partial charge is 0.115 e. The van der Waals surface area contributed by atoms with Crippen LogP contribution < -0.4 is 5.32 Å². The lowest BCUT2D eigenvalue weighted by molar-refractivity contribution is 0.171. The maximum atomic E-state index is 9.41. The zero-order valence-corrected chi connectivity index (χ0v) is 10.3. The predicted molar refractivity (Wildman–Crippen MR) is 63.1 cm³/mol. The molecule has 0 aliphatic carbocycles. The first-order valence-electron chi connectivity index (χ1n) is 4.99. The van der Waals surface area contributed by atoms with Gasteiger partial charge in [-0.2, -0.15) is 0 Å². The normalized spacial score (nSPS) is 15.5. The van der Waals surface area contributed by atoms with E-state index < -0.39 is 5.54 Å². The molecule has 1 rings (SSSR count). The summed E-state index contributed by atoms with van der Waals surface area (Å²) in [6.45, 7) is 3.82. The van der Waals surface area contributed by atoms with Gasteiger partial charge in [-0.05, 0) is 21.0 Å². The zero-order valence-electron chi connectivity index (χ0n) is 9.53. The second-order valence-electron chi connectivity index (χ2n) is 4.06. The molecule has 4 nitrogen and oxygen atoms in total. The summed E-state index contributed by atoms with van der Waals surface area (Å²) in [5.74, 6) is 0. The molecule has 1 atom stereocenters. The molecule has 1 aromatic rings. The van der Waals surface area contributed by atoms with Crippen LogP contribution in [-0.2, 0) is 5.54 Å². The van der Waals surface area contributed by atoms with Gasteiger partial charge >= 0.3 is 0 Å². The van der Waals surface area contributed by atoms with Crippen LogP contribution in [0.15, 0.2) is 11.6 Å². The monoisotopic (exact) mass is 229 g/mol. The van der Waals surface area contributed by atoms with Gasteiger partial charge in [-0.1, -0.05) is 0 Å². The summed E-state index contributed by atoms with van der Waals surface area (Å²) in [5.41, 5.74) is -0.413. The number of hydrogen-bond acceptors (Lipinski definition) is 5. The number of aliphatic hydroxyl groups excluding tert-OH is 1. The number of nitrogens with one attached hydrogen (secondary N) is 1. The van der Waals surface area contributed by atoms with E-state index in [0.29, 0.717) is 0 Å². The molecular formula is C10H19N3OS. The van der Waals surface area contributed by atoms with Gasteiger partial charge < -0.3 is 15.3 Å². The number of aromatic nitrogens is 1. The maximum Gasteiger partial charge on any atom is 0.115 e. The lowest BCUT2D eigenvalue weighted by atomic mass is 10.1. The van der Waals surface area contributed by atoms with Crippen LogP contribution in [0.2, 0.25) is 0 Å². The quantitative estimate of drug-likeness (QED) is 0.746. The number of likely N-dealkylation sites (N-methyl/N-ethyl adjacent to an activating group) is 1. The van der Waals surface area contributed by atoms with Crippen LogP contribution in [0, 0.1) is 0 Å². The van der Waals surface area contributed by atoms with E-state index in [4.69, 9.17) is 0 Å². The van der Waals surface area contributed by atoms with Crippen LogP contribution in [0.5, 0.6) is 0 Å². The summed E-state index contributed by atoms with van der Waals surface area (Å²) < 4.78 is 0. The molecule has 5 heteroatoms.